The zero-order valence-electron chi connectivity index (χ0n) is 8.15. The largest absolute Gasteiger partial charge is 0.329 e. The van der Waals surface area contributed by atoms with Gasteiger partial charge in [0.05, 0.1) is 0 Å². The Morgan fingerprint density at radius 1 is 1.60 bits per heavy atom. The summed E-state index contributed by atoms with van der Waals surface area (Å²) in [6.45, 7) is 2.69. The summed E-state index contributed by atoms with van der Waals surface area (Å²) in [4.78, 5) is 13.7. The van der Waals surface area contributed by atoms with Crippen LogP contribution < -0.4 is 5.56 Å². The van der Waals surface area contributed by atoms with Gasteiger partial charge in [0.1, 0.15) is 0 Å². The van der Waals surface area contributed by atoms with Crippen LogP contribution >= 0.6 is 12.2 Å². The van der Waals surface area contributed by atoms with Gasteiger partial charge in [0.15, 0.2) is 10.6 Å². The first kappa shape index (κ1) is 9.85. The van der Waals surface area contributed by atoms with Gasteiger partial charge in [0.2, 0.25) is 5.56 Å². The van der Waals surface area contributed by atoms with E-state index in [4.69, 9.17) is 12.2 Å². The van der Waals surface area contributed by atoms with Crippen LogP contribution in [0.2, 0.25) is 0 Å². The molecule has 0 unspecified atom stereocenters. The fourth-order valence-electron chi connectivity index (χ4n) is 1.42. The monoisotopic (exact) mass is 222 g/mol. The third-order valence-electron chi connectivity index (χ3n) is 2.11. The molecule has 0 saturated heterocycles. The molecule has 0 aromatic carbocycles. The molecular formula is C9H10N4OS. The number of aromatic amines is 2. The Balaban J connectivity index is 2.64. The van der Waals surface area contributed by atoms with Crippen LogP contribution in [0.4, 0.5) is 0 Å². The van der Waals surface area contributed by atoms with Crippen molar-refractivity contribution in [2.24, 2.45) is 0 Å². The molecule has 2 aromatic heterocycles. The highest BCUT2D eigenvalue weighted by atomic mass is 32.1. The average molecular weight is 222 g/mol. The van der Waals surface area contributed by atoms with Gasteiger partial charge in [-0.25, -0.2) is 0 Å². The Morgan fingerprint density at radius 2 is 2.40 bits per heavy atom. The maximum Gasteiger partial charge on any atom is 0.248 e. The number of hydrogen-bond donors (Lipinski definition) is 2. The summed E-state index contributed by atoms with van der Waals surface area (Å²) < 4.78 is 2.40. The minimum Gasteiger partial charge on any atom is -0.329 e. The molecule has 2 heterocycles. The summed E-state index contributed by atoms with van der Waals surface area (Å²) in [7, 11) is 0. The van der Waals surface area contributed by atoms with E-state index in [1.807, 2.05) is 11.5 Å². The number of nitrogens with one attached hydrogen (secondary N) is 2. The van der Waals surface area contributed by atoms with E-state index in [-0.39, 0.29) is 5.56 Å². The first-order chi connectivity index (χ1) is 7.22. The minimum absolute atomic E-state index is 0.149. The molecule has 5 nitrogen and oxygen atoms in total. The molecule has 2 rings (SSSR count). The van der Waals surface area contributed by atoms with E-state index in [2.05, 4.69) is 15.2 Å². The van der Waals surface area contributed by atoms with Crippen LogP contribution in [0.3, 0.4) is 0 Å². The lowest BCUT2D eigenvalue weighted by Gasteiger charge is -2.01. The first-order valence-electron chi connectivity index (χ1n) is 4.56. The van der Waals surface area contributed by atoms with Crippen molar-refractivity contribution in [3.05, 3.63) is 33.5 Å². The predicted molar refractivity (Wildman–Crippen MR) is 59.1 cm³/mol. The van der Waals surface area contributed by atoms with E-state index >= 15 is 0 Å². The van der Waals surface area contributed by atoms with Crippen molar-refractivity contribution in [1.29, 1.82) is 0 Å². The molecule has 15 heavy (non-hydrogen) atoms. The van der Waals surface area contributed by atoms with Crippen molar-refractivity contribution in [3.63, 3.8) is 0 Å². The van der Waals surface area contributed by atoms with Crippen molar-refractivity contribution < 1.29 is 0 Å². The maximum atomic E-state index is 11.1. The van der Waals surface area contributed by atoms with E-state index in [0.717, 1.165) is 12.1 Å². The highest BCUT2D eigenvalue weighted by molar-refractivity contribution is 7.71. The highest BCUT2D eigenvalue weighted by Gasteiger charge is 2.06. The zero-order valence-corrected chi connectivity index (χ0v) is 8.97. The minimum atomic E-state index is -0.149. The fourth-order valence-corrected chi connectivity index (χ4v) is 1.68. The Hall–Kier alpha value is -1.69. The molecule has 0 aliphatic heterocycles. The molecule has 2 aromatic rings. The summed E-state index contributed by atoms with van der Waals surface area (Å²) in [5, 5.41) is 6.80. The van der Waals surface area contributed by atoms with Gasteiger partial charge < -0.3 is 9.55 Å². The second-order valence-electron chi connectivity index (χ2n) is 3.04. The smallest absolute Gasteiger partial charge is 0.248 e. The normalized spacial score (nSPS) is 10.5. The predicted octanol–water partition coefficient (Wildman–Crippen LogP) is 1.32. The van der Waals surface area contributed by atoms with E-state index in [1.54, 1.807) is 12.3 Å². The first-order valence-corrected chi connectivity index (χ1v) is 4.97. The van der Waals surface area contributed by atoms with E-state index in [0.29, 0.717) is 10.6 Å². The van der Waals surface area contributed by atoms with Crippen LogP contribution in [0.15, 0.2) is 23.1 Å². The van der Waals surface area contributed by atoms with Crippen LogP contribution in [0, 0.1) is 4.77 Å². The molecule has 6 heteroatoms. The summed E-state index contributed by atoms with van der Waals surface area (Å²) in [6, 6.07) is 3.29. The highest BCUT2D eigenvalue weighted by Crippen LogP contribution is 2.13. The van der Waals surface area contributed by atoms with E-state index in [9.17, 15) is 4.79 Å². The zero-order chi connectivity index (χ0) is 10.8. The fraction of sp³-hybridized carbons (Fsp3) is 0.222. The molecule has 0 aliphatic carbocycles. The molecule has 0 radical (unpaired) electrons. The van der Waals surface area contributed by atoms with Crippen molar-refractivity contribution in [1.82, 2.24) is 19.7 Å². The third-order valence-corrected chi connectivity index (χ3v) is 2.42. The van der Waals surface area contributed by atoms with Gasteiger partial charge in [-0.2, -0.15) is 5.10 Å². The van der Waals surface area contributed by atoms with Crippen LogP contribution in [-0.4, -0.2) is 19.7 Å². The SMILES string of the molecule is CCn1c(-c2cc[nH]c(=O)c2)n[nH]c1=S. The topological polar surface area (TPSA) is 66.5 Å². The van der Waals surface area contributed by atoms with Crippen LogP contribution in [0.1, 0.15) is 6.92 Å². The van der Waals surface area contributed by atoms with Crippen LogP contribution in [0.25, 0.3) is 11.4 Å². The standard InChI is InChI=1S/C9H10N4OS/c1-2-13-8(11-12-9(13)15)6-3-4-10-7(14)5-6/h3-5H,2H2,1H3,(H,10,14)(H,12,15). The molecule has 78 valence electrons. The molecule has 0 amide bonds. The molecule has 0 bridgehead atoms. The van der Waals surface area contributed by atoms with Gasteiger partial charge in [-0.05, 0) is 25.2 Å². The molecule has 0 atom stereocenters. The molecule has 0 aliphatic rings. The Kier molecular flexibility index (Phi) is 2.51. The Bertz CT molecular complexity index is 580. The molecular weight excluding hydrogens is 212 g/mol. The van der Waals surface area contributed by atoms with Crippen LogP contribution in [0.5, 0.6) is 0 Å². The number of pyridine rings is 1. The summed E-state index contributed by atoms with van der Waals surface area (Å²) >= 11 is 5.06. The van der Waals surface area contributed by atoms with Gasteiger partial charge in [-0.3, -0.25) is 9.89 Å². The lowest BCUT2D eigenvalue weighted by Crippen LogP contribution is -2.05. The van der Waals surface area contributed by atoms with Gasteiger partial charge in [0.25, 0.3) is 0 Å². The summed E-state index contributed by atoms with van der Waals surface area (Å²) in [5.41, 5.74) is 0.608. The van der Waals surface area contributed by atoms with Gasteiger partial charge in [-0.15, -0.1) is 0 Å². The molecule has 0 fully saturated rings. The van der Waals surface area contributed by atoms with Gasteiger partial charge >= 0.3 is 0 Å². The second kappa shape index (κ2) is 3.82. The van der Waals surface area contributed by atoms with Crippen LogP contribution in [-0.2, 0) is 6.54 Å². The van der Waals surface area contributed by atoms with Crippen molar-refractivity contribution in [3.8, 4) is 11.4 Å². The number of rotatable bonds is 2. The van der Waals surface area contributed by atoms with Crippen molar-refractivity contribution in [2.75, 3.05) is 0 Å². The number of aromatic nitrogens is 4. The molecule has 0 saturated carbocycles. The summed E-state index contributed by atoms with van der Waals surface area (Å²) in [6.07, 6.45) is 1.59. The third kappa shape index (κ3) is 1.75. The maximum absolute atomic E-state index is 11.1. The van der Waals surface area contributed by atoms with E-state index in [1.165, 1.54) is 6.07 Å². The summed E-state index contributed by atoms with van der Waals surface area (Å²) in [5.74, 6) is 0.689. The Labute approximate surface area is 90.8 Å². The van der Waals surface area contributed by atoms with Crippen molar-refractivity contribution >= 4 is 12.2 Å². The van der Waals surface area contributed by atoms with Crippen molar-refractivity contribution in [2.45, 2.75) is 13.5 Å². The van der Waals surface area contributed by atoms with Gasteiger partial charge in [0, 0.05) is 24.4 Å². The quantitative estimate of drug-likeness (QED) is 0.753. The molecule has 0 spiro atoms. The Morgan fingerprint density at radius 3 is 3.07 bits per heavy atom. The lowest BCUT2D eigenvalue weighted by molar-refractivity contribution is 0.755. The van der Waals surface area contributed by atoms with E-state index < -0.39 is 0 Å². The number of hydrogen-bond acceptors (Lipinski definition) is 3. The molecule has 2 N–H and O–H groups in total. The van der Waals surface area contributed by atoms with Gasteiger partial charge in [-0.1, -0.05) is 0 Å². The lowest BCUT2D eigenvalue weighted by atomic mass is 10.2. The number of nitrogens with zero attached hydrogens (tertiary/aromatic N) is 2. The second-order valence-corrected chi connectivity index (χ2v) is 3.42. The number of H-pyrrole nitrogens is 2. The average Bonchev–Trinajstić information content (AvgIpc) is 2.59.